The minimum absolute atomic E-state index is 0.630. The lowest BCUT2D eigenvalue weighted by Crippen LogP contribution is -2.35. The zero-order chi connectivity index (χ0) is 8.55. The Balaban J connectivity index is 2.34. The lowest BCUT2D eigenvalue weighted by molar-refractivity contribution is 0.382. The van der Waals surface area contributed by atoms with E-state index in [1.807, 2.05) is 0 Å². The predicted molar refractivity (Wildman–Crippen MR) is 51.3 cm³/mol. The van der Waals surface area contributed by atoms with Gasteiger partial charge in [0.2, 0.25) is 0 Å². The Hall–Kier alpha value is -0.820. The molecule has 1 saturated heterocycles. The zero-order valence-electron chi connectivity index (χ0n) is 7.72. The molecule has 1 aliphatic rings. The predicted octanol–water partition coefficient (Wildman–Crippen LogP) is 2.34. The van der Waals surface area contributed by atoms with Gasteiger partial charge in [-0.3, -0.25) is 0 Å². The van der Waals surface area contributed by atoms with Crippen molar-refractivity contribution in [2.75, 3.05) is 6.54 Å². The summed E-state index contributed by atoms with van der Waals surface area (Å²) in [6.45, 7) is 5.52. The van der Waals surface area contributed by atoms with Crippen molar-refractivity contribution in [2.45, 2.75) is 26.3 Å². The molecule has 1 aromatic rings. The summed E-state index contributed by atoms with van der Waals surface area (Å²) in [5.74, 6) is 0. The average molecular weight is 161 g/mol. The molecule has 1 N–H and O–H groups in total. The normalized spacial score (nSPS) is 22.0. The van der Waals surface area contributed by atoms with Gasteiger partial charge in [0.15, 0.2) is 0 Å². The van der Waals surface area contributed by atoms with Crippen molar-refractivity contribution >= 4 is 0 Å². The first-order valence-corrected chi connectivity index (χ1v) is 4.58. The second-order valence-electron chi connectivity index (χ2n) is 3.66. The minimum Gasteiger partial charge on any atom is -0.310 e. The quantitative estimate of drug-likeness (QED) is 0.666. The van der Waals surface area contributed by atoms with Gasteiger partial charge in [0.25, 0.3) is 0 Å². The fourth-order valence-electron chi connectivity index (χ4n) is 1.69. The third-order valence-corrected chi connectivity index (χ3v) is 2.63. The van der Waals surface area contributed by atoms with Gasteiger partial charge in [-0.2, -0.15) is 0 Å². The molecule has 2 rings (SSSR count). The van der Waals surface area contributed by atoms with Crippen LogP contribution in [0.3, 0.4) is 0 Å². The van der Waals surface area contributed by atoms with Gasteiger partial charge in [0.05, 0.1) is 0 Å². The van der Waals surface area contributed by atoms with E-state index in [0.29, 0.717) is 6.04 Å². The molecule has 0 saturated carbocycles. The molecule has 64 valence electrons. The van der Waals surface area contributed by atoms with Gasteiger partial charge in [0, 0.05) is 6.04 Å². The molecule has 0 bridgehead atoms. The molecule has 0 aromatic heterocycles. The molecular weight excluding hydrogens is 146 g/mol. The number of aryl methyl sites for hydroxylation is 2. The van der Waals surface area contributed by atoms with Crippen LogP contribution in [0.2, 0.25) is 0 Å². The number of hydrogen-bond acceptors (Lipinski definition) is 1. The molecule has 1 nitrogen and oxygen atoms in total. The van der Waals surface area contributed by atoms with Crippen molar-refractivity contribution in [3.05, 3.63) is 34.9 Å². The molecule has 1 aliphatic heterocycles. The second-order valence-corrected chi connectivity index (χ2v) is 3.66. The molecule has 1 unspecified atom stereocenters. The van der Waals surface area contributed by atoms with E-state index in [-0.39, 0.29) is 0 Å². The minimum atomic E-state index is 0.630. The Bertz CT molecular complexity index is 287. The van der Waals surface area contributed by atoms with Crippen LogP contribution >= 0.6 is 0 Å². The summed E-state index contributed by atoms with van der Waals surface area (Å²) < 4.78 is 0. The maximum absolute atomic E-state index is 3.43. The molecule has 0 radical (unpaired) electrons. The topological polar surface area (TPSA) is 12.0 Å². The lowest BCUT2D eigenvalue weighted by atomic mass is 9.93. The lowest BCUT2D eigenvalue weighted by Gasteiger charge is -2.29. The van der Waals surface area contributed by atoms with Crippen LogP contribution in [0.4, 0.5) is 0 Å². The molecule has 1 atom stereocenters. The van der Waals surface area contributed by atoms with Crippen LogP contribution < -0.4 is 5.32 Å². The highest BCUT2D eigenvalue weighted by atomic mass is 15.0. The highest BCUT2D eigenvalue weighted by molar-refractivity contribution is 5.33. The van der Waals surface area contributed by atoms with Gasteiger partial charge in [-0.1, -0.05) is 23.8 Å². The van der Waals surface area contributed by atoms with E-state index in [1.165, 1.54) is 29.7 Å². The maximum atomic E-state index is 3.43. The molecule has 1 aromatic carbocycles. The number of nitrogens with one attached hydrogen (secondary N) is 1. The number of benzene rings is 1. The molecule has 0 amide bonds. The van der Waals surface area contributed by atoms with E-state index in [0.717, 1.165) is 0 Å². The molecule has 1 heterocycles. The summed E-state index contributed by atoms with van der Waals surface area (Å²) in [7, 11) is 0. The van der Waals surface area contributed by atoms with Gasteiger partial charge in [0.1, 0.15) is 0 Å². The zero-order valence-corrected chi connectivity index (χ0v) is 7.72. The van der Waals surface area contributed by atoms with Crippen LogP contribution in [0.1, 0.15) is 29.2 Å². The Morgan fingerprint density at radius 2 is 2.08 bits per heavy atom. The molecule has 0 spiro atoms. The maximum Gasteiger partial charge on any atom is 0.0335 e. The Morgan fingerprint density at radius 1 is 1.33 bits per heavy atom. The van der Waals surface area contributed by atoms with Gasteiger partial charge >= 0.3 is 0 Å². The van der Waals surface area contributed by atoms with Crippen molar-refractivity contribution in [3.8, 4) is 0 Å². The first-order chi connectivity index (χ1) is 5.77. The first kappa shape index (κ1) is 7.81. The van der Waals surface area contributed by atoms with E-state index >= 15 is 0 Å². The van der Waals surface area contributed by atoms with Crippen LogP contribution in [-0.4, -0.2) is 6.54 Å². The summed E-state index contributed by atoms with van der Waals surface area (Å²) in [5, 5.41) is 3.43. The van der Waals surface area contributed by atoms with Crippen molar-refractivity contribution in [1.82, 2.24) is 5.32 Å². The van der Waals surface area contributed by atoms with Gasteiger partial charge < -0.3 is 5.32 Å². The molecule has 1 heteroatoms. The smallest absolute Gasteiger partial charge is 0.0335 e. The van der Waals surface area contributed by atoms with Crippen LogP contribution in [0.15, 0.2) is 18.2 Å². The van der Waals surface area contributed by atoms with Crippen molar-refractivity contribution in [2.24, 2.45) is 0 Å². The third-order valence-electron chi connectivity index (χ3n) is 2.63. The van der Waals surface area contributed by atoms with Gasteiger partial charge in [-0.25, -0.2) is 0 Å². The monoisotopic (exact) mass is 161 g/mol. The third kappa shape index (κ3) is 1.25. The van der Waals surface area contributed by atoms with Crippen LogP contribution in [0.25, 0.3) is 0 Å². The van der Waals surface area contributed by atoms with Gasteiger partial charge in [-0.15, -0.1) is 0 Å². The summed E-state index contributed by atoms with van der Waals surface area (Å²) in [6, 6.07) is 7.32. The van der Waals surface area contributed by atoms with E-state index in [9.17, 15) is 0 Å². The Labute approximate surface area is 73.8 Å². The van der Waals surface area contributed by atoms with E-state index in [4.69, 9.17) is 0 Å². The highest BCUT2D eigenvalue weighted by Gasteiger charge is 2.19. The van der Waals surface area contributed by atoms with Crippen molar-refractivity contribution < 1.29 is 0 Å². The Kier molecular flexibility index (Phi) is 1.89. The van der Waals surface area contributed by atoms with E-state index < -0.39 is 0 Å². The Morgan fingerprint density at radius 3 is 2.67 bits per heavy atom. The summed E-state index contributed by atoms with van der Waals surface area (Å²) in [6.07, 6.45) is 1.30. The van der Waals surface area contributed by atoms with Crippen LogP contribution in [0, 0.1) is 13.8 Å². The second kappa shape index (κ2) is 2.91. The summed E-state index contributed by atoms with van der Waals surface area (Å²) in [4.78, 5) is 0. The molecule has 12 heavy (non-hydrogen) atoms. The fraction of sp³-hybridized carbons (Fsp3) is 0.455. The van der Waals surface area contributed by atoms with Crippen LogP contribution in [0.5, 0.6) is 0 Å². The van der Waals surface area contributed by atoms with Crippen molar-refractivity contribution in [1.29, 1.82) is 0 Å². The average Bonchev–Trinajstić information content (AvgIpc) is 1.93. The van der Waals surface area contributed by atoms with E-state index in [1.54, 1.807) is 0 Å². The SMILES string of the molecule is Cc1ccc(C)c(C2CCN2)c1. The summed E-state index contributed by atoms with van der Waals surface area (Å²) >= 11 is 0. The van der Waals surface area contributed by atoms with E-state index in [2.05, 4.69) is 37.4 Å². The largest absolute Gasteiger partial charge is 0.310 e. The number of hydrogen-bond donors (Lipinski definition) is 1. The number of rotatable bonds is 1. The molecule has 0 aliphatic carbocycles. The molecule has 1 fully saturated rings. The van der Waals surface area contributed by atoms with Crippen LogP contribution in [-0.2, 0) is 0 Å². The van der Waals surface area contributed by atoms with Gasteiger partial charge in [-0.05, 0) is 37.9 Å². The standard InChI is InChI=1S/C11H15N/c1-8-3-4-9(2)10(7-8)11-5-6-12-11/h3-4,7,11-12H,5-6H2,1-2H3. The molecular formula is C11H15N. The first-order valence-electron chi connectivity index (χ1n) is 4.58. The highest BCUT2D eigenvalue weighted by Crippen LogP contribution is 2.26. The fourth-order valence-corrected chi connectivity index (χ4v) is 1.69. The van der Waals surface area contributed by atoms with Crippen molar-refractivity contribution in [3.63, 3.8) is 0 Å². The summed E-state index contributed by atoms with van der Waals surface area (Å²) in [5.41, 5.74) is 4.27.